The molecule has 0 radical (unpaired) electrons. The first-order valence-electron chi connectivity index (χ1n) is 12.1. The van der Waals surface area contributed by atoms with Gasteiger partial charge in [-0.2, -0.15) is 0 Å². The lowest BCUT2D eigenvalue weighted by molar-refractivity contribution is -0.121. The summed E-state index contributed by atoms with van der Waals surface area (Å²) >= 11 is 6.14. The Bertz CT molecular complexity index is 1650. The van der Waals surface area contributed by atoms with Gasteiger partial charge < -0.3 is 20.1 Å². The zero-order valence-electron chi connectivity index (χ0n) is 21.4. The highest BCUT2D eigenvalue weighted by Crippen LogP contribution is 2.27. The Morgan fingerprint density at radius 3 is 2.33 bits per heavy atom. The second-order valence-corrected chi connectivity index (χ2v) is 8.99. The fourth-order valence-electron chi connectivity index (χ4n) is 4.15. The van der Waals surface area contributed by atoms with Crippen molar-refractivity contribution in [2.45, 2.75) is 26.1 Å². The number of halogens is 1. The molecule has 2 amide bonds. The predicted octanol–water partition coefficient (Wildman–Crippen LogP) is 3.18. The van der Waals surface area contributed by atoms with Crippen LogP contribution in [0.2, 0.25) is 5.02 Å². The monoisotopic (exact) mass is 550 g/mol. The minimum Gasteiger partial charge on any atom is -0.496 e. The van der Waals surface area contributed by atoms with Crippen LogP contribution in [0.15, 0.2) is 76.3 Å². The second-order valence-electron chi connectivity index (χ2n) is 8.58. The molecule has 1 heterocycles. The lowest BCUT2D eigenvalue weighted by Gasteiger charge is -2.15. The van der Waals surface area contributed by atoms with Gasteiger partial charge in [0.05, 0.1) is 30.1 Å². The van der Waals surface area contributed by atoms with Crippen LogP contribution in [-0.4, -0.2) is 35.2 Å². The molecule has 2 N–H and O–H groups in total. The number of ether oxygens (including phenoxy) is 2. The van der Waals surface area contributed by atoms with Gasteiger partial charge in [-0.25, -0.2) is 4.79 Å². The normalized spacial score (nSPS) is 10.7. The molecule has 10 nitrogen and oxygen atoms in total. The van der Waals surface area contributed by atoms with E-state index in [1.807, 2.05) is 18.2 Å². The Labute approximate surface area is 228 Å². The molecule has 0 bridgehead atoms. The number of nitrogens with zero attached hydrogens (tertiary/aromatic N) is 2. The van der Waals surface area contributed by atoms with E-state index in [9.17, 15) is 19.2 Å². The minimum absolute atomic E-state index is 0.112. The van der Waals surface area contributed by atoms with Crippen molar-refractivity contribution in [3.8, 4) is 11.5 Å². The van der Waals surface area contributed by atoms with Crippen molar-refractivity contribution in [2.24, 2.45) is 0 Å². The molecule has 202 valence electrons. The Morgan fingerprint density at radius 1 is 0.872 bits per heavy atom. The van der Waals surface area contributed by atoms with Crippen molar-refractivity contribution in [3.63, 3.8) is 0 Å². The maximum absolute atomic E-state index is 13.4. The number of hydrogen-bond donors (Lipinski definition) is 2. The molecule has 0 saturated carbocycles. The van der Waals surface area contributed by atoms with E-state index >= 15 is 0 Å². The zero-order chi connectivity index (χ0) is 27.9. The molecule has 4 rings (SSSR count). The Hall–Kier alpha value is -4.57. The first kappa shape index (κ1) is 27.5. The van der Waals surface area contributed by atoms with Gasteiger partial charge in [0.25, 0.3) is 5.56 Å². The quantitative estimate of drug-likeness (QED) is 0.313. The largest absolute Gasteiger partial charge is 0.496 e. The van der Waals surface area contributed by atoms with Gasteiger partial charge in [0.1, 0.15) is 18.0 Å². The number of methoxy groups -OCH3 is 2. The van der Waals surface area contributed by atoms with Gasteiger partial charge in [-0.1, -0.05) is 41.9 Å². The number of fused-ring (bicyclic) bond motifs is 1. The molecule has 11 heteroatoms. The fourth-order valence-corrected chi connectivity index (χ4v) is 4.41. The van der Waals surface area contributed by atoms with Crippen LogP contribution in [0.3, 0.4) is 0 Å². The molecule has 4 aromatic rings. The Kier molecular flexibility index (Phi) is 8.67. The average Bonchev–Trinajstić information content (AvgIpc) is 2.94. The summed E-state index contributed by atoms with van der Waals surface area (Å²) in [5, 5.41) is 6.05. The minimum atomic E-state index is -0.695. The summed E-state index contributed by atoms with van der Waals surface area (Å²) in [6.07, 6.45) is -0.112. The third-order valence-electron chi connectivity index (χ3n) is 6.10. The second kappa shape index (κ2) is 12.3. The lowest BCUT2D eigenvalue weighted by atomic mass is 10.2. The molecule has 0 aliphatic carbocycles. The standard InChI is InChI=1S/C28H27ClN4O6/c1-38-23-10-6-3-7-18(23)16-30-25(34)13-14-32-27(36)20-8-4-5-9-22(20)33(28(32)37)17-26(35)31-19-11-12-24(39-2)21(29)15-19/h3-12,15H,13-14,16-17H2,1-2H3,(H,30,34)(H,31,35). The van der Waals surface area contributed by atoms with Gasteiger partial charge in [-0.15, -0.1) is 0 Å². The SMILES string of the molecule is COc1ccc(NC(=O)Cn2c(=O)n(CCC(=O)NCc3ccccc3OC)c(=O)c3ccccc32)cc1Cl. The maximum atomic E-state index is 13.4. The van der Waals surface area contributed by atoms with Gasteiger partial charge in [0.2, 0.25) is 11.8 Å². The van der Waals surface area contributed by atoms with Crippen LogP contribution in [0.5, 0.6) is 11.5 Å². The van der Waals surface area contributed by atoms with Crippen molar-refractivity contribution >= 4 is 40.0 Å². The third-order valence-corrected chi connectivity index (χ3v) is 6.40. The highest BCUT2D eigenvalue weighted by Gasteiger charge is 2.17. The van der Waals surface area contributed by atoms with Crippen molar-refractivity contribution in [1.82, 2.24) is 14.5 Å². The summed E-state index contributed by atoms with van der Waals surface area (Å²) < 4.78 is 12.6. The summed E-state index contributed by atoms with van der Waals surface area (Å²) in [6.45, 7) is -0.283. The van der Waals surface area contributed by atoms with Crippen LogP contribution in [0, 0.1) is 0 Å². The Morgan fingerprint density at radius 2 is 1.59 bits per heavy atom. The number of hydrogen-bond acceptors (Lipinski definition) is 6. The van der Waals surface area contributed by atoms with Crippen LogP contribution >= 0.6 is 11.6 Å². The average molecular weight is 551 g/mol. The molecule has 0 aliphatic rings. The topological polar surface area (TPSA) is 121 Å². The number of para-hydroxylation sites is 2. The highest BCUT2D eigenvalue weighted by atomic mass is 35.5. The number of amides is 2. The summed E-state index contributed by atoms with van der Waals surface area (Å²) in [6, 6.07) is 18.6. The van der Waals surface area contributed by atoms with E-state index < -0.39 is 17.2 Å². The number of carbonyl (C=O) groups excluding carboxylic acids is 2. The summed E-state index contributed by atoms with van der Waals surface area (Å²) in [4.78, 5) is 51.9. The van der Waals surface area contributed by atoms with Crippen LogP contribution in [-0.2, 0) is 29.2 Å². The number of rotatable bonds is 10. The van der Waals surface area contributed by atoms with Gasteiger partial charge >= 0.3 is 5.69 Å². The van der Waals surface area contributed by atoms with Crippen LogP contribution < -0.4 is 31.4 Å². The van der Waals surface area contributed by atoms with E-state index in [-0.39, 0.29) is 37.3 Å². The van der Waals surface area contributed by atoms with Gasteiger partial charge in [-0.05, 0) is 36.4 Å². The molecule has 0 atom stereocenters. The third kappa shape index (κ3) is 6.29. The molecular formula is C28H27ClN4O6. The van der Waals surface area contributed by atoms with E-state index in [0.717, 1.165) is 10.1 Å². The highest BCUT2D eigenvalue weighted by molar-refractivity contribution is 6.32. The first-order valence-corrected chi connectivity index (χ1v) is 12.4. The van der Waals surface area contributed by atoms with E-state index in [2.05, 4.69) is 10.6 Å². The first-order chi connectivity index (χ1) is 18.8. The number of anilines is 1. The smallest absolute Gasteiger partial charge is 0.331 e. The fraction of sp³-hybridized carbons (Fsp3) is 0.214. The van der Waals surface area contributed by atoms with Crippen molar-refractivity contribution in [2.75, 3.05) is 19.5 Å². The van der Waals surface area contributed by atoms with Gasteiger partial charge in [-0.3, -0.25) is 23.5 Å². The van der Waals surface area contributed by atoms with Crippen LogP contribution in [0.25, 0.3) is 10.9 Å². The zero-order valence-corrected chi connectivity index (χ0v) is 22.2. The van der Waals surface area contributed by atoms with Gasteiger partial charge in [0, 0.05) is 30.8 Å². The molecule has 0 unspecified atom stereocenters. The molecular weight excluding hydrogens is 524 g/mol. The number of carbonyl (C=O) groups is 2. The predicted molar refractivity (Wildman–Crippen MR) is 149 cm³/mol. The van der Waals surface area contributed by atoms with E-state index in [1.165, 1.54) is 17.7 Å². The summed E-state index contributed by atoms with van der Waals surface area (Å²) in [5.74, 6) is 0.252. The molecule has 0 spiro atoms. The van der Waals surface area contributed by atoms with Crippen LogP contribution in [0.4, 0.5) is 5.69 Å². The van der Waals surface area contributed by atoms with Gasteiger partial charge in [0.15, 0.2) is 0 Å². The van der Waals surface area contributed by atoms with Crippen molar-refractivity contribution < 1.29 is 19.1 Å². The number of nitrogens with one attached hydrogen (secondary N) is 2. The summed E-state index contributed by atoms with van der Waals surface area (Å²) in [5.41, 5.74) is 0.295. The van der Waals surface area contributed by atoms with E-state index in [0.29, 0.717) is 27.7 Å². The summed E-state index contributed by atoms with van der Waals surface area (Å²) in [7, 11) is 3.03. The molecule has 1 aromatic heterocycles. The number of benzene rings is 3. The van der Waals surface area contributed by atoms with E-state index in [4.69, 9.17) is 21.1 Å². The molecule has 0 aliphatic heterocycles. The Balaban J connectivity index is 1.53. The molecule has 0 fully saturated rings. The molecule has 39 heavy (non-hydrogen) atoms. The maximum Gasteiger partial charge on any atom is 0.331 e. The molecule has 0 saturated heterocycles. The molecule has 3 aromatic carbocycles. The van der Waals surface area contributed by atoms with Crippen LogP contribution in [0.1, 0.15) is 12.0 Å². The van der Waals surface area contributed by atoms with E-state index in [1.54, 1.807) is 49.6 Å². The van der Waals surface area contributed by atoms with Crippen molar-refractivity contribution in [1.29, 1.82) is 0 Å². The lowest BCUT2D eigenvalue weighted by Crippen LogP contribution is -2.42. The number of aromatic nitrogens is 2. The van der Waals surface area contributed by atoms with Crippen molar-refractivity contribution in [3.05, 3.63) is 98.2 Å².